The summed E-state index contributed by atoms with van der Waals surface area (Å²) in [5.74, 6) is -2.02. The predicted molar refractivity (Wildman–Crippen MR) is 123 cm³/mol. The van der Waals surface area contributed by atoms with E-state index in [2.05, 4.69) is 21.0 Å². The molecule has 1 aliphatic heterocycles. The average molecular weight is 575 g/mol. The van der Waals surface area contributed by atoms with Gasteiger partial charge in [-0.15, -0.1) is 0 Å². The van der Waals surface area contributed by atoms with E-state index >= 15 is 0 Å². The van der Waals surface area contributed by atoms with Gasteiger partial charge in [-0.25, -0.2) is 0 Å². The SMILES string of the molecule is O=C(O)CN1C(=O)S/C(=C\c2ccc3c(c2)c(Br)nn3Cc2ccc(Cl)cc2C(F)(F)F)C1=O. The first-order valence-corrected chi connectivity index (χ1v) is 11.4. The summed E-state index contributed by atoms with van der Waals surface area (Å²) in [5.41, 5.74) is 0.195. The maximum atomic E-state index is 13.5. The fourth-order valence-corrected chi connectivity index (χ4v) is 4.92. The highest BCUT2D eigenvalue weighted by molar-refractivity contribution is 9.10. The van der Waals surface area contributed by atoms with Crippen LogP contribution in [-0.2, 0) is 22.3 Å². The molecule has 0 unspecified atom stereocenters. The van der Waals surface area contributed by atoms with Crippen LogP contribution in [0.25, 0.3) is 17.0 Å². The molecule has 1 fully saturated rings. The summed E-state index contributed by atoms with van der Waals surface area (Å²) < 4.78 is 42.2. The van der Waals surface area contributed by atoms with E-state index in [-0.39, 0.29) is 22.0 Å². The van der Waals surface area contributed by atoms with Gasteiger partial charge in [-0.3, -0.25) is 24.0 Å². The van der Waals surface area contributed by atoms with Crippen molar-refractivity contribution in [3.8, 4) is 0 Å². The lowest BCUT2D eigenvalue weighted by atomic mass is 10.1. The number of benzene rings is 2. The molecule has 1 N–H and O–H groups in total. The number of alkyl halides is 3. The lowest BCUT2D eigenvalue weighted by Crippen LogP contribution is -2.33. The Labute approximate surface area is 207 Å². The van der Waals surface area contributed by atoms with Gasteiger partial charge in [0.15, 0.2) is 0 Å². The molecule has 2 aromatic carbocycles. The third-order valence-electron chi connectivity index (χ3n) is 4.89. The Morgan fingerprint density at radius 1 is 1.21 bits per heavy atom. The highest BCUT2D eigenvalue weighted by Gasteiger charge is 2.36. The molecule has 0 spiro atoms. The second-order valence-electron chi connectivity index (χ2n) is 7.19. The van der Waals surface area contributed by atoms with E-state index in [1.807, 2.05) is 0 Å². The maximum Gasteiger partial charge on any atom is 0.416 e. The minimum absolute atomic E-state index is 0.00928. The molecule has 0 bridgehead atoms. The largest absolute Gasteiger partial charge is 0.480 e. The van der Waals surface area contributed by atoms with Gasteiger partial charge in [0.25, 0.3) is 11.1 Å². The summed E-state index contributed by atoms with van der Waals surface area (Å²) in [4.78, 5) is 35.9. The van der Waals surface area contributed by atoms with Crippen LogP contribution in [0.5, 0.6) is 0 Å². The summed E-state index contributed by atoms with van der Waals surface area (Å²) in [7, 11) is 0. The number of rotatable bonds is 5. The minimum atomic E-state index is -4.59. The Morgan fingerprint density at radius 3 is 2.62 bits per heavy atom. The molecule has 0 saturated carbocycles. The number of hydrogen-bond acceptors (Lipinski definition) is 5. The van der Waals surface area contributed by atoms with E-state index in [1.54, 1.807) is 18.2 Å². The number of carboxylic acids is 1. The molecule has 0 radical (unpaired) electrons. The Balaban J connectivity index is 1.67. The molecule has 7 nitrogen and oxygen atoms in total. The maximum absolute atomic E-state index is 13.5. The van der Waals surface area contributed by atoms with Gasteiger partial charge >= 0.3 is 12.1 Å². The Bertz CT molecular complexity index is 1390. The molecule has 4 rings (SSSR count). The monoisotopic (exact) mass is 573 g/mol. The van der Waals surface area contributed by atoms with Crippen molar-refractivity contribution in [2.75, 3.05) is 6.54 Å². The van der Waals surface area contributed by atoms with Crippen LogP contribution >= 0.6 is 39.3 Å². The summed E-state index contributed by atoms with van der Waals surface area (Å²) >= 11 is 9.69. The van der Waals surface area contributed by atoms with Crippen molar-refractivity contribution in [3.05, 3.63) is 67.6 Å². The molecular formula is C21H12BrClF3N3O4S. The van der Waals surface area contributed by atoms with Gasteiger partial charge in [0, 0.05) is 10.4 Å². The normalized spacial score (nSPS) is 15.7. The standard InChI is InChI=1S/C21H12BrClF3N3O4S/c22-18-13-5-10(6-16-19(32)28(9-17(30)31)20(33)34-16)1-4-15(13)29(27-18)8-11-2-3-12(23)7-14(11)21(24,25)26/h1-7H,8-9H2,(H,30,31)/b16-6-. The molecular weight excluding hydrogens is 563 g/mol. The molecule has 34 heavy (non-hydrogen) atoms. The van der Waals surface area contributed by atoms with Crippen LogP contribution in [0.1, 0.15) is 16.7 Å². The number of aliphatic carboxylic acids is 1. The zero-order valence-corrected chi connectivity index (χ0v) is 19.9. The van der Waals surface area contributed by atoms with Crippen LogP contribution in [0.15, 0.2) is 45.9 Å². The smallest absolute Gasteiger partial charge is 0.416 e. The van der Waals surface area contributed by atoms with E-state index < -0.39 is 35.4 Å². The second kappa shape index (κ2) is 9.08. The second-order valence-corrected chi connectivity index (χ2v) is 9.37. The molecule has 2 amide bonds. The molecule has 2 heterocycles. The summed E-state index contributed by atoms with van der Waals surface area (Å²) in [6.07, 6.45) is -3.14. The molecule has 1 aliphatic rings. The van der Waals surface area contributed by atoms with Gasteiger partial charge in [-0.1, -0.05) is 23.7 Å². The first-order valence-electron chi connectivity index (χ1n) is 9.43. The summed E-state index contributed by atoms with van der Waals surface area (Å²) in [5, 5.41) is 13.0. The van der Waals surface area contributed by atoms with Crippen molar-refractivity contribution in [2.24, 2.45) is 0 Å². The van der Waals surface area contributed by atoms with E-state index in [0.29, 0.717) is 37.7 Å². The first-order chi connectivity index (χ1) is 15.9. The molecule has 1 aromatic heterocycles. The summed E-state index contributed by atoms with van der Waals surface area (Å²) in [6.45, 7) is -0.897. The van der Waals surface area contributed by atoms with Crippen molar-refractivity contribution in [1.29, 1.82) is 0 Å². The number of halogens is 5. The Kier molecular flexibility index (Phi) is 6.49. The van der Waals surface area contributed by atoms with E-state index in [1.165, 1.54) is 22.9 Å². The minimum Gasteiger partial charge on any atom is -0.480 e. The number of carbonyl (C=O) groups excluding carboxylic acids is 2. The quantitative estimate of drug-likeness (QED) is 0.397. The molecule has 176 valence electrons. The van der Waals surface area contributed by atoms with Crippen LogP contribution in [0.2, 0.25) is 5.02 Å². The Hall–Kier alpha value is -2.83. The van der Waals surface area contributed by atoms with Gasteiger partial charge in [0.2, 0.25) is 0 Å². The molecule has 0 atom stereocenters. The van der Waals surface area contributed by atoms with Crippen molar-refractivity contribution in [1.82, 2.24) is 14.7 Å². The van der Waals surface area contributed by atoms with Gasteiger partial charge in [-0.05, 0) is 69.2 Å². The molecule has 3 aromatic rings. The van der Waals surface area contributed by atoms with Crippen molar-refractivity contribution >= 4 is 73.4 Å². The lowest BCUT2D eigenvalue weighted by molar-refractivity contribution is -0.140. The number of carboxylic acid groups (broad SMARTS) is 1. The fourth-order valence-electron chi connectivity index (χ4n) is 3.40. The van der Waals surface area contributed by atoms with Gasteiger partial charge in [0.1, 0.15) is 11.1 Å². The van der Waals surface area contributed by atoms with Gasteiger partial charge < -0.3 is 5.11 Å². The molecule has 1 saturated heterocycles. The number of imide groups is 1. The number of nitrogens with zero attached hydrogens (tertiary/aromatic N) is 3. The van der Waals surface area contributed by atoms with E-state index in [0.717, 1.165) is 6.07 Å². The van der Waals surface area contributed by atoms with Crippen LogP contribution in [-0.4, -0.2) is 43.4 Å². The lowest BCUT2D eigenvalue weighted by Gasteiger charge is -2.14. The first kappa shape index (κ1) is 24.3. The Morgan fingerprint density at radius 2 is 1.94 bits per heavy atom. The number of aromatic nitrogens is 2. The van der Waals surface area contributed by atoms with Gasteiger partial charge in [-0.2, -0.15) is 18.3 Å². The third-order valence-corrected chi connectivity index (χ3v) is 6.62. The number of hydrogen-bond donors (Lipinski definition) is 1. The number of fused-ring (bicyclic) bond motifs is 1. The van der Waals surface area contributed by atoms with Crippen LogP contribution in [0.4, 0.5) is 18.0 Å². The number of amides is 2. The highest BCUT2D eigenvalue weighted by atomic mass is 79.9. The zero-order valence-electron chi connectivity index (χ0n) is 16.8. The summed E-state index contributed by atoms with van der Waals surface area (Å²) in [6, 6.07) is 8.44. The van der Waals surface area contributed by atoms with E-state index in [9.17, 15) is 27.6 Å². The van der Waals surface area contributed by atoms with Crippen LogP contribution in [0.3, 0.4) is 0 Å². The molecule has 13 heteroatoms. The van der Waals surface area contributed by atoms with Crippen LogP contribution in [0, 0.1) is 0 Å². The predicted octanol–water partition coefficient (Wildman–Crippen LogP) is 5.64. The van der Waals surface area contributed by atoms with Crippen molar-refractivity contribution in [2.45, 2.75) is 12.7 Å². The fraction of sp³-hybridized carbons (Fsp3) is 0.143. The van der Waals surface area contributed by atoms with Crippen molar-refractivity contribution < 1.29 is 32.7 Å². The van der Waals surface area contributed by atoms with Gasteiger partial charge in [0.05, 0.1) is 22.5 Å². The van der Waals surface area contributed by atoms with Crippen LogP contribution < -0.4 is 0 Å². The zero-order chi connectivity index (χ0) is 24.8. The molecule has 0 aliphatic carbocycles. The number of carbonyl (C=O) groups is 3. The topological polar surface area (TPSA) is 92.5 Å². The highest BCUT2D eigenvalue weighted by Crippen LogP contribution is 2.36. The average Bonchev–Trinajstić information content (AvgIpc) is 3.19. The number of thioether (sulfide) groups is 1. The third kappa shape index (κ3) is 4.84. The van der Waals surface area contributed by atoms with Crippen molar-refractivity contribution in [3.63, 3.8) is 0 Å². The van der Waals surface area contributed by atoms with E-state index in [4.69, 9.17) is 16.7 Å².